The highest BCUT2D eigenvalue weighted by Crippen LogP contribution is 2.13. The van der Waals surface area contributed by atoms with Gasteiger partial charge in [-0.05, 0) is 12.5 Å². The Labute approximate surface area is 115 Å². The number of H-pyrrole nitrogens is 1. The number of aliphatic carboxylic acids is 1. The molecule has 7 heteroatoms. The number of aromatic amines is 1. The van der Waals surface area contributed by atoms with Gasteiger partial charge in [-0.3, -0.25) is 14.5 Å². The highest BCUT2D eigenvalue weighted by atomic mass is 35.5. The maximum absolute atomic E-state index is 12.2. The van der Waals surface area contributed by atoms with Gasteiger partial charge >= 0.3 is 5.97 Å². The summed E-state index contributed by atoms with van der Waals surface area (Å²) >= 11 is 5.78. The predicted octanol–water partition coefficient (Wildman–Crippen LogP) is 0.901. The van der Waals surface area contributed by atoms with Crippen molar-refractivity contribution in [3.8, 4) is 0 Å². The van der Waals surface area contributed by atoms with Gasteiger partial charge in [0.2, 0.25) is 0 Å². The van der Waals surface area contributed by atoms with E-state index in [4.69, 9.17) is 16.7 Å². The van der Waals surface area contributed by atoms with E-state index in [2.05, 4.69) is 4.98 Å². The van der Waals surface area contributed by atoms with Crippen LogP contribution in [0.4, 0.5) is 0 Å². The Balaban J connectivity index is 1.95. The van der Waals surface area contributed by atoms with E-state index < -0.39 is 5.97 Å². The van der Waals surface area contributed by atoms with E-state index in [1.54, 1.807) is 17.2 Å². The first-order chi connectivity index (χ1) is 9.06. The summed E-state index contributed by atoms with van der Waals surface area (Å²) in [5, 5.41) is 9.28. The number of hydrogen-bond donors (Lipinski definition) is 2. The first-order valence-corrected chi connectivity index (χ1v) is 6.51. The Morgan fingerprint density at radius 2 is 2.11 bits per heavy atom. The van der Waals surface area contributed by atoms with Crippen LogP contribution in [0.3, 0.4) is 0 Å². The summed E-state index contributed by atoms with van der Waals surface area (Å²) in [6.07, 6.45) is 2.34. The molecule has 1 aromatic heterocycles. The second-order valence-electron chi connectivity index (χ2n) is 4.55. The van der Waals surface area contributed by atoms with Crippen LogP contribution in [0.2, 0.25) is 5.02 Å². The van der Waals surface area contributed by atoms with Crippen LogP contribution in [0.5, 0.6) is 0 Å². The molecule has 1 amide bonds. The van der Waals surface area contributed by atoms with E-state index in [1.165, 1.54) is 0 Å². The molecule has 0 aromatic carbocycles. The summed E-state index contributed by atoms with van der Waals surface area (Å²) in [4.78, 5) is 29.3. The number of hydrogen-bond acceptors (Lipinski definition) is 3. The van der Waals surface area contributed by atoms with Gasteiger partial charge in [-0.25, -0.2) is 0 Å². The van der Waals surface area contributed by atoms with Gasteiger partial charge in [0.05, 0.1) is 11.6 Å². The molecule has 1 aliphatic rings. The molecule has 19 heavy (non-hydrogen) atoms. The number of carboxylic acid groups (broad SMARTS) is 1. The van der Waals surface area contributed by atoms with Gasteiger partial charge in [-0.1, -0.05) is 11.6 Å². The average molecular weight is 286 g/mol. The SMILES string of the molecule is O=C(O)CN1CCCN(C(=O)c2cc(Cl)c[nH]2)CC1. The van der Waals surface area contributed by atoms with Crippen LogP contribution in [0, 0.1) is 0 Å². The number of nitrogens with one attached hydrogen (secondary N) is 1. The minimum atomic E-state index is -0.837. The minimum absolute atomic E-state index is 0.0242. The molecule has 1 saturated heterocycles. The molecule has 2 N–H and O–H groups in total. The molecule has 1 aromatic rings. The molecule has 1 aliphatic heterocycles. The topological polar surface area (TPSA) is 76.6 Å². The predicted molar refractivity (Wildman–Crippen MR) is 70.4 cm³/mol. The van der Waals surface area contributed by atoms with E-state index in [-0.39, 0.29) is 12.5 Å². The number of carboxylic acids is 1. The van der Waals surface area contributed by atoms with Crippen LogP contribution in [-0.4, -0.2) is 64.5 Å². The molecule has 6 nitrogen and oxygen atoms in total. The lowest BCUT2D eigenvalue weighted by Crippen LogP contribution is -2.36. The van der Waals surface area contributed by atoms with Crippen molar-refractivity contribution in [3.05, 3.63) is 23.0 Å². The number of carbonyl (C=O) groups is 2. The van der Waals surface area contributed by atoms with Crippen molar-refractivity contribution in [1.82, 2.24) is 14.8 Å². The largest absolute Gasteiger partial charge is 0.480 e. The zero-order valence-corrected chi connectivity index (χ0v) is 11.2. The molecule has 0 atom stereocenters. The quantitative estimate of drug-likeness (QED) is 0.865. The summed E-state index contributed by atoms with van der Waals surface area (Å²) in [7, 11) is 0. The van der Waals surface area contributed by atoms with Crippen molar-refractivity contribution in [3.63, 3.8) is 0 Å². The number of nitrogens with zero attached hydrogens (tertiary/aromatic N) is 2. The van der Waals surface area contributed by atoms with Gasteiger partial charge in [-0.15, -0.1) is 0 Å². The van der Waals surface area contributed by atoms with Crippen LogP contribution in [0.15, 0.2) is 12.3 Å². The van der Waals surface area contributed by atoms with Crippen molar-refractivity contribution in [1.29, 1.82) is 0 Å². The molecule has 0 aliphatic carbocycles. The van der Waals surface area contributed by atoms with Gasteiger partial charge in [-0.2, -0.15) is 0 Å². The zero-order valence-electron chi connectivity index (χ0n) is 10.4. The molecule has 104 valence electrons. The van der Waals surface area contributed by atoms with Gasteiger partial charge < -0.3 is 15.0 Å². The van der Waals surface area contributed by atoms with Crippen molar-refractivity contribution in [2.75, 3.05) is 32.7 Å². The first-order valence-electron chi connectivity index (χ1n) is 6.13. The standard InChI is InChI=1S/C12H16ClN3O3/c13-9-6-10(14-7-9)12(19)16-3-1-2-15(4-5-16)8-11(17)18/h6-7,14H,1-5,8H2,(H,17,18). The lowest BCUT2D eigenvalue weighted by Gasteiger charge is -2.20. The van der Waals surface area contributed by atoms with Gasteiger partial charge in [0.15, 0.2) is 0 Å². The van der Waals surface area contributed by atoms with Crippen LogP contribution < -0.4 is 0 Å². The fourth-order valence-corrected chi connectivity index (χ4v) is 2.35. The smallest absolute Gasteiger partial charge is 0.317 e. The zero-order chi connectivity index (χ0) is 13.8. The fraction of sp³-hybridized carbons (Fsp3) is 0.500. The van der Waals surface area contributed by atoms with E-state index in [9.17, 15) is 9.59 Å². The average Bonchev–Trinajstić information content (AvgIpc) is 2.65. The Hall–Kier alpha value is -1.53. The molecular weight excluding hydrogens is 270 g/mol. The van der Waals surface area contributed by atoms with Gasteiger partial charge in [0.1, 0.15) is 5.69 Å². The minimum Gasteiger partial charge on any atom is -0.480 e. The van der Waals surface area contributed by atoms with Crippen LogP contribution in [0.25, 0.3) is 0 Å². The second kappa shape index (κ2) is 6.08. The molecule has 0 spiro atoms. The maximum atomic E-state index is 12.2. The Morgan fingerprint density at radius 1 is 1.32 bits per heavy atom. The van der Waals surface area contributed by atoms with Gasteiger partial charge in [0, 0.05) is 32.4 Å². The Kier molecular flexibility index (Phi) is 4.44. The summed E-state index contributed by atoms with van der Waals surface area (Å²) in [6.45, 7) is 2.46. The third kappa shape index (κ3) is 3.71. The van der Waals surface area contributed by atoms with E-state index in [1.807, 2.05) is 4.90 Å². The summed E-state index contributed by atoms with van der Waals surface area (Å²) in [5.74, 6) is -0.931. The third-order valence-corrected chi connectivity index (χ3v) is 3.33. The molecule has 0 saturated carbocycles. The van der Waals surface area contributed by atoms with Crippen LogP contribution >= 0.6 is 11.6 Å². The van der Waals surface area contributed by atoms with Crippen LogP contribution in [-0.2, 0) is 4.79 Å². The van der Waals surface area contributed by atoms with E-state index >= 15 is 0 Å². The lowest BCUT2D eigenvalue weighted by molar-refractivity contribution is -0.138. The van der Waals surface area contributed by atoms with Crippen molar-refractivity contribution in [2.24, 2.45) is 0 Å². The molecule has 0 unspecified atom stereocenters. The molecule has 0 bridgehead atoms. The number of rotatable bonds is 3. The summed E-state index contributed by atoms with van der Waals surface area (Å²) in [5.41, 5.74) is 0.469. The number of halogens is 1. The maximum Gasteiger partial charge on any atom is 0.317 e. The third-order valence-electron chi connectivity index (χ3n) is 3.11. The Morgan fingerprint density at radius 3 is 2.74 bits per heavy atom. The lowest BCUT2D eigenvalue weighted by atomic mass is 10.3. The highest BCUT2D eigenvalue weighted by Gasteiger charge is 2.22. The monoisotopic (exact) mass is 285 g/mol. The molecule has 2 rings (SSSR count). The van der Waals surface area contributed by atoms with Crippen molar-refractivity contribution in [2.45, 2.75) is 6.42 Å². The molecule has 2 heterocycles. The second-order valence-corrected chi connectivity index (χ2v) is 4.98. The molecule has 0 radical (unpaired) electrons. The molecular formula is C12H16ClN3O3. The summed E-state index contributed by atoms with van der Waals surface area (Å²) in [6, 6.07) is 1.60. The summed E-state index contributed by atoms with van der Waals surface area (Å²) < 4.78 is 0. The fourth-order valence-electron chi connectivity index (χ4n) is 2.19. The normalized spacial score (nSPS) is 17.2. The highest BCUT2D eigenvalue weighted by molar-refractivity contribution is 6.30. The first kappa shape index (κ1) is 13.9. The van der Waals surface area contributed by atoms with Gasteiger partial charge in [0.25, 0.3) is 5.91 Å². The van der Waals surface area contributed by atoms with E-state index in [0.717, 1.165) is 6.42 Å². The van der Waals surface area contributed by atoms with E-state index in [0.29, 0.717) is 36.9 Å². The number of carbonyl (C=O) groups excluding carboxylic acids is 1. The number of amides is 1. The number of aromatic nitrogens is 1. The van der Waals surface area contributed by atoms with Crippen LogP contribution in [0.1, 0.15) is 16.9 Å². The Bertz CT molecular complexity index is 475. The van der Waals surface area contributed by atoms with Crippen molar-refractivity contribution >= 4 is 23.5 Å². The van der Waals surface area contributed by atoms with Crippen molar-refractivity contribution < 1.29 is 14.7 Å². The molecule has 1 fully saturated rings.